The largest absolute Gasteiger partial charge is 0.384 e. The van der Waals surface area contributed by atoms with E-state index in [-0.39, 0.29) is 5.78 Å². The van der Waals surface area contributed by atoms with Crippen LogP contribution in [0.15, 0.2) is 17.8 Å². The summed E-state index contributed by atoms with van der Waals surface area (Å²) in [6.07, 6.45) is 3.16. The molecule has 0 bridgehead atoms. The number of rotatable bonds is 3. The summed E-state index contributed by atoms with van der Waals surface area (Å²) < 4.78 is 0. The number of hydrogen-bond acceptors (Lipinski definition) is 7. The first-order valence-corrected chi connectivity index (χ1v) is 7.21. The Labute approximate surface area is 123 Å². The minimum absolute atomic E-state index is 0.211. The van der Waals surface area contributed by atoms with Gasteiger partial charge < -0.3 is 16.1 Å². The van der Waals surface area contributed by atoms with E-state index in [4.69, 9.17) is 5.73 Å². The van der Waals surface area contributed by atoms with E-state index in [9.17, 15) is 4.79 Å². The molecule has 0 atom stereocenters. The summed E-state index contributed by atoms with van der Waals surface area (Å²) in [6.45, 7) is 5.32. The Kier molecular flexibility index (Phi) is 3.74. The molecular weight excluding hydrogens is 268 g/mol. The predicted octanol–water partition coefficient (Wildman–Crippen LogP) is 0.241. The Morgan fingerprint density at radius 3 is 2.57 bits per heavy atom. The molecule has 3 N–H and O–H groups in total. The molecule has 2 aliphatic rings. The number of aromatic nitrogens is 2. The van der Waals surface area contributed by atoms with Crippen molar-refractivity contribution in [2.45, 2.75) is 19.8 Å². The Bertz CT molecular complexity index is 557. The number of carbonyl (C=O) groups is 1. The highest BCUT2D eigenvalue weighted by Crippen LogP contribution is 2.17. The molecule has 112 valence electrons. The summed E-state index contributed by atoms with van der Waals surface area (Å²) in [5.74, 6) is 2.30. The topological polar surface area (TPSA) is 87.4 Å². The molecule has 1 aromatic rings. The van der Waals surface area contributed by atoms with Gasteiger partial charge >= 0.3 is 0 Å². The number of nitrogens with zero attached hydrogens (tertiary/aromatic N) is 4. The van der Waals surface area contributed by atoms with E-state index < -0.39 is 0 Å². The lowest BCUT2D eigenvalue weighted by Gasteiger charge is -2.36. The van der Waals surface area contributed by atoms with E-state index in [0.29, 0.717) is 18.1 Å². The zero-order chi connectivity index (χ0) is 14.8. The number of ketones is 1. The van der Waals surface area contributed by atoms with Crippen molar-refractivity contribution < 1.29 is 4.79 Å². The van der Waals surface area contributed by atoms with Crippen molar-refractivity contribution in [3.63, 3.8) is 0 Å². The average Bonchev–Trinajstić information content (AvgIpc) is 2.84. The molecule has 0 unspecified atom stereocenters. The molecule has 0 amide bonds. The molecule has 0 radical (unpaired) electrons. The number of nitrogens with two attached hydrogens (primary N) is 1. The van der Waals surface area contributed by atoms with E-state index in [1.54, 1.807) is 6.08 Å². The highest BCUT2D eigenvalue weighted by atomic mass is 16.1. The molecule has 0 spiro atoms. The number of nitrogens with one attached hydrogen (secondary N) is 1. The van der Waals surface area contributed by atoms with Gasteiger partial charge in [0.25, 0.3) is 0 Å². The van der Waals surface area contributed by atoms with Crippen molar-refractivity contribution in [1.82, 2.24) is 20.4 Å². The van der Waals surface area contributed by atoms with E-state index >= 15 is 0 Å². The van der Waals surface area contributed by atoms with Gasteiger partial charge in [0.05, 0.1) is 0 Å². The number of hydrogen-bond donors (Lipinski definition) is 2. The van der Waals surface area contributed by atoms with Gasteiger partial charge in [-0.1, -0.05) is 0 Å². The van der Waals surface area contributed by atoms with E-state index in [1.165, 1.54) is 0 Å². The van der Waals surface area contributed by atoms with Crippen molar-refractivity contribution >= 4 is 17.4 Å². The van der Waals surface area contributed by atoms with E-state index in [1.807, 2.05) is 13.0 Å². The van der Waals surface area contributed by atoms with Gasteiger partial charge in [-0.3, -0.25) is 4.79 Å². The molecule has 1 aliphatic carbocycles. The lowest BCUT2D eigenvalue weighted by molar-refractivity contribution is -0.114. The molecule has 7 nitrogen and oxygen atoms in total. The second kappa shape index (κ2) is 5.69. The van der Waals surface area contributed by atoms with E-state index in [0.717, 1.165) is 44.1 Å². The Morgan fingerprint density at radius 2 is 1.95 bits per heavy atom. The van der Waals surface area contributed by atoms with Crippen molar-refractivity contribution in [1.29, 1.82) is 0 Å². The number of piperazine rings is 1. The van der Waals surface area contributed by atoms with Gasteiger partial charge in [-0.15, -0.1) is 0 Å². The van der Waals surface area contributed by atoms with Crippen LogP contribution in [0, 0.1) is 6.92 Å². The van der Waals surface area contributed by atoms with Crippen LogP contribution in [-0.4, -0.2) is 46.9 Å². The fraction of sp³-hybridized carbons (Fsp3) is 0.500. The summed E-state index contributed by atoms with van der Waals surface area (Å²) in [5, 5.41) is 2.15. The smallest absolute Gasteiger partial charge is 0.157 e. The van der Waals surface area contributed by atoms with E-state index in [2.05, 4.69) is 25.3 Å². The molecule has 1 saturated heterocycles. The first-order chi connectivity index (χ1) is 10.1. The van der Waals surface area contributed by atoms with Crippen LogP contribution in [0.5, 0.6) is 0 Å². The highest BCUT2D eigenvalue weighted by Gasteiger charge is 2.20. The normalized spacial score (nSPS) is 19.8. The molecule has 0 aromatic carbocycles. The maximum Gasteiger partial charge on any atom is 0.157 e. The number of nitrogen functional groups attached to an aromatic ring is 1. The third-order valence-corrected chi connectivity index (χ3v) is 3.73. The first kappa shape index (κ1) is 13.8. The minimum atomic E-state index is 0.211. The SMILES string of the molecule is Cc1nc(N)cc(N2CCN(NC3=CC(=O)CC3)CC2)n1. The first-order valence-electron chi connectivity index (χ1n) is 7.21. The highest BCUT2D eigenvalue weighted by molar-refractivity contribution is 5.92. The van der Waals surface area contributed by atoms with Crippen molar-refractivity contribution in [3.8, 4) is 0 Å². The molecule has 3 rings (SSSR count). The average molecular weight is 288 g/mol. The van der Waals surface area contributed by atoms with Gasteiger partial charge in [0.2, 0.25) is 0 Å². The summed E-state index contributed by atoms with van der Waals surface area (Å²) in [6, 6.07) is 1.81. The van der Waals surface area contributed by atoms with Crippen LogP contribution in [0.1, 0.15) is 18.7 Å². The minimum Gasteiger partial charge on any atom is -0.384 e. The summed E-state index contributed by atoms with van der Waals surface area (Å²) >= 11 is 0. The third-order valence-electron chi connectivity index (χ3n) is 3.73. The molecule has 0 saturated carbocycles. The standard InChI is InChI=1S/C14H20N6O/c1-10-16-13(15)9-14(17-10)19-4-6-20(7-5-19)18-11-2-3-12(21)8-11/h8-9,18H,2-7H2,1H3,(H2,15,16,17). The predicted molar refractivity (Wildman–Crippen MR) is 80.4 cm³/mol. The Hall–Kier alpha value is -2.15. The maximum absolute atomic E-state index is 11.2. The van der Waals surface area contributed by atoms with Crippen molar-refractivity contribution in [3.05, 3.63) is 23.7 Å². The van der Waals surface area contributed by atoms with Gasteiger partial charge in [-0.25, -0.2) is 15.0 Å². The summed E-state index contributed by atoms with van der Waals surface area (Å²) in [7, 11) is 0. The van der Waals surface area contributed by atoms with Crippen LogP contribution >= 0.6 is 0 Å². The molecule has 1 aromatic heterocycles. The quantitative estimate of drug-likeness (QED) is 0.823. The van der Waals surface area contributed by atoms with Crippen LogP contribution in [0.2, 0.25) is 0 Å². The molecule has 1 aliphatic heterocycles. The Balaban J connectivity index is 1.57. The number of aryl methyl sites for hydroxylation is 1. The fourth-order valence-electron chi connectivity index (χ4n) is 2.67. The number of carbonyl (C=O) groups excluding carboxylic acids is 1. The van der Waals surface area contributed by atoms with Crippen LogP contribution in [0.3, 0.4) is 0 Å². The summed E-state index contributed by atoms with van der Waals surface area (Å²) in [5.41, 5.74) is 10.1. The van der Waals surface area contributed by atoms with Gasteiger partial charge in [-0.2, -0.15) is 0 Å². The van der Waals surface area contributed by atoms with Crippen LogP contribution in [0.25, 0.3) is 0 Å². The van der Waals surface area contributed by atoms with Gasteiger partial charge in [0, 0.05) is 50.4 Å². The van der Waals surface area contributed by atoms with Crippen molar-refractivity contribution in [2.75, 3.05) is 36.8 Å². The number of allylic oxidation sites excluding steroid dienone is 2. The molecule has 21 heavy (non-hydrogen) atoms. The third kappa shape index (κ3) is 3.30. The van der Waals surface area contributed by atoms with Gasteiger partial charge in [0.1, 0.15) is 17.5 Å². The zero-order valence-electron chi connectivity index (χ0n) is 12.2. The lowest BCUT2D eigenvalue weighted by Crippen LogP contribution is -2.51. The van der Waals surface area contributed by atoms with Crippen LogP contribution in [0.4, 0.5) is 11.6 Å². The van der Waals surface area contributed by atoms with Gasteiger partial charge in [0.15, 0.2) is 5.78 Å². The monoisotopic (exact) mass is 288 g/mol. The van der Waals surface area contributed by atoms with Gasteiger partial charge in [-0.05, 0) is 13.3 Å². The second-order valence-corrected chi connectivity index (χ2v) is 5.42. The summed E-state index contributed by atoms with van der Waals surface area (Å²) in [4.78, 5) is 22.0. The lowest BCUT2D eigenvalue weighted by atomic mass is 10.3. The number of anilines is 2. The second-order valence-electron chi connectivity index (χ2n) is 5.42. The molecular formula is C14H20N6O. The molecule has 7 heteroatoms. The Morgan fingerprint density at radius 1 is 1.19 bits per heavy atom. The fourth-order valence-corrected chi connectivity index (χ4v) is 2.67. The van der Waals surface area contributed by atoms with Crippen LogP contribution in [-0.2, 0) is 4.79 Å². The van der Waals surface area contributed by atoms with Crippen LogP contribution < -0.4 is 16.1 Å². The number of hydrazine groups is 1. The van der Waals surface area contributed by atoms with Crippen molar-refractivity contribution in [2.24, 2.45) is 0 Å². The molecule has 2 heterocycles. The molecule has 1 fully saturated rings. The maximum atomic E-state index is 11.2. The zero-order valence-corrected chi connectivity index (χ0v) is 12.2.